The van der Waals surface area contributed by atoms with Crippen LogP contribution in [-0.2, 0) is 11.3 Å². The summed E-state index contributed by atoms with van der Waals surface area (Å²) in [6.07, 6.45) is 0. The summed E-state index contributed by atoms with van der Waals surface area (Å²) in [6, 6.07) is 12.3. The van der Waals surface area contributed by atoms with Crippen LogP contribution in [0.3, 0.4) is 0 Å². The zero-order valence-corrected chi connectivity index (χ0v) is 13.3. The highest BCUT2D eigenvalue weighted by Crippen LogP contribution is 2.33. The van der Waals surface area contributed by atoms with Crippen LogP contribution in [0.4, 0.5) is 10.1 Å². The van der Waals surface area contributed by atoms with Gasteiger partial charge in [-0.2, -0.15) is 5.26 Å². The van der Waals surface area contributed by atoms with Crippen LogP contribution >= 0.6 is 0 Å². The van der Waals surface area contributed by atoms with Crippen molar-refractivity contribution < 1.29 is 18.6 Å². The van der Waals surface area contributed by atoms with Gasteiger partial charge >= 0.3 is 0 Å². The van der Waals surface area contributed by atoms with E-state index in [1.807, 2.05) is 29.2 Å². The van der Waals surface area contributed by atoms with Crippen LogP contribution < -0.4 is 14.4 Å². The number of nitriles is 1. The molecule has 2 aromatic rings. The molecule has 0 bridgehead atoms. The lowest BCUT2D eigenvalue weighted by atomic mass is 10.1. The molecule has 0 saturated carbocycles. The fourth-order valence-electron chi connectivity index (χ4n) is 2.63. The minimum absolute atomic E-state index is 0.0364. The Kier molecular flexibility index (Phi) is 4.82. The molecule has 0 N–H and O–H groups in total. The Morgan fingerprint density at radius 2 is 2.08 bits per heavy atom. The van der Waals surface area contributed by atoms with Gasteiger partial charge in [0.15, 0.2) is 11.5 Å². The average molecular weight is 328 g/mol. The van der Waals surface area contributed by atoms with Gasteiger partial charge < -0.3 is 19.1 Å². The Morgan fingerprint density at radius 3 is 2.88 bits per heavy atom. The number of hydrogen-bond acceptors (Lipinski definition) is 5. The van der Waals surface area contributed by atoms with E-state index < -0.39 is 5.82 Å². The van der Waals surface area contributed by atoms with Crippen molar-refractivity contribution in [1.29, 1.82) is 5.26 Å². The molecule has 2 aromatic carbocycles. The van der Waals surface area contributed by atoms with Gasteiger partial charge in [0.25, 0.3) is 0 Å². The van der Waals surface area contributed by atoms with Crippen LogP contribution in [0.25, 0.3) is 0 Å². The second-order valence-corrected chi connectivity index (χ2v) is 5.35. The number of rotatable bonds is 6. The molecule has 24 heavy (non-hydrogen) atoms. The molecule has 5 nitrogen and oxygen atoms in total. The van der Waals surface area contributed by atoms with Crippen molar-refractivity contribution in [2.24, 2.45) is 0 Å². The number of anilines is 1. The van der Waals surface area contributed by atoms with Gasteiger partial charge in [-0.25, -0.2) is 4.39 Å². The van der Waals surface area contributed by atoms with Crippen LogP contribution in [0, 0.1) is 17.1 Å². The third-order valence-corrected chi connectivity index (χ3v) is 3.82. The van der Waals surface area contributed by atoms with E-state index in [0.29, 0.717) is 36.9 Å². The second-order valence-electron chi connectivity index (χ2n) is 5.35. The van der Waals surface area contributed by atoms with Crippen molar-refractivity contribution in [2.75, 3.05) is 32.0 Å². The minimum atomic E-state index is -0.525. The zero-order valence-electron chi connectivity index (χ0n) is 13.3. The summed E-state index contributed by atoms with van der Waals surface area (Å²) in [5, 5.41) is 9.28. The number of ether oxygens (including phenoxy) is 3. The lowest BCUT2D eigenvalue weighted by Gasteiger charge is -2.26. The number of benzene rings is 2. The van der Waals surface area contributed by atoms with E-state index in [1.165, 1.54) is 6.07 Å². The Morgan fingerprint density at radius 1 is 1.25 bits per heavy atom. The molecular weight excluding hydrogens is 311 g/mol. The van der Waals surface area contributed by atoms with E-state index in [1.54, 1.807) is 19.2 Å². The SMILES string of the molecule is COCCN(Cc1ccc2c(c1)OCO2)c1cccc(F)c1C#N. The van der Waals surface area contributed by atoms with E-state index in [2.05, 4.69) is 0 Å². The van der Waals surface area contributed by atoms with E-state index in [9.17, 15) is 9.65 Å². The molecule has 0 saturated heterocycles. The maximum Gasteiger partial charge on any atom is 0.231 e. The first kappa shape index (κ1) is 16.1. The molecular formula is C18H17FN2O3. The average Bonchev–Trinajstić information content (AvgIpc) is 3.06. The first-order chi connectivity index (χ1) is 11.7. The molecule has 0 atom stereocenters. The van der Waals surface area contributed by atoms with E-state index in [-0.39, 0.29) is 12.4 Å². The summed E-state index contributed by atoms with van der Waals surface area (Å²) in [4.78, 5) is 1.92. The Balaban J connectivity index is 1.90. The molecule has 0 amide bonds. The second kappa shape index (κ2) is 7.20. The molecule has 3 rings (SSSR count). The number of fused-ring (bicyclic) bond motifs is 1. The molecule has 0 unspecified atom stereocenters. The van der Waals surface area contributed by atoms with Crippen LogP contribution in [0.15, 0.2) is 36.4 Å². The number of halogens is 1. The van der Waals surface area contributed by atoms with Gasteiger partial charge in [-0.05, 0) is 29.8 Å². The highest BCUT2D eigenvalue weighted by molar-refractivity contribution is 5.60. The Hall–Kier alpha value is -2.78. The molecule has 0 aliphatic carbocycles. The molecule has 6 heteroatoms. The summed E-state index contributed by atoms with van der Waals surface area (Å²) in [5.41, 5.74) is 1.56. The highest BCUT2D eigenvalue weighted by Gasteiger charge is 2.18. The first-order valence-electron chi connectivity index (χ1n) is 7.54. The molecule has 1 heterocycles. The normalized spacial score (nSPS) is 12.0. The molecule has 0 aromatic heterocycles. The topological polar surface area (TPSA) is 54.7 Å². The van der Waals surface area contributed by atoms with Crippen molar-refractivity contribution in [3.8, 4) is 17.6 Å². The minimum Gasteiger partial charge on any atom is -0.454 e. The predicted molar refractivity (Wildman–Crippen MR) is 86.6 cm³/mol. The molecule has 124 valence electrons. The summed E-state index contributed by atoms with van der Waals surface area (Å²) in [7, 11) is 1.61. The maximum absolute atomic E-state index is 13.9. The summed E-state index contributed by atoms with van der Waals surface area (Å²) in [5.74, 6) is 0.882. The third kappa shape index (κ3) is 3.26. The Labute approximate surface area is 139 Å². The van der Waals surface area contributed by atoms with E-state index >= 15 is 0 Å². The predicted octanol–water partition coefficient (Wildman–Crippen LogP) is 3.08. The van der Waals surface area contributed by atoms with Crippen LogP contribution in [0.1, 0.15) is 11.1 Å². The maximum atomic E-state index is 13.9. The largest absolute Gasteiger partial charge is 0.454 e. The van der Waals surface area contributed by atoms with Gasteiger partial charge in [-0.3, -0.25) is 0 Å². The number of nitrogens with zero attached hydrogens (tertiary/aromatic N) is 2. The van der Waals surface area contributed by atoms with Gasteiger partial charge in [-0.1, -0.05) is 12.1 Å². The van der Waals surface area contributed by atoms with Crippen molar-refractivity contribution in [3.05, 3.63) is 53.3 Å². The zero-order chi connectivity index (χ0) is 16.9. The quantitative estimate of drug-likeness (QED) is 0.816. The van der Waals surface area contributed by atoms with Crippen LogP contribution in [0.5, 0.6) is 11.5 Å². The molecule has 1 aliphatic heterocycles. The molecule has 0 radical (unpaired) electrons. The highest BCUT2D eigenvalue weighted by atomic mass is 19.1. The van der Waals surface area contributed by atoms with Gasteiger partial charge in [0.2, 0.25) is 6.79 Å². The molecule has 0 spiro atoms. The smallest absolute Gasteiger partial charge is 0.231 e. The van der Waals surface area contributed by atoms with Gasteiger partial charge in [-0.15, -0.1) is 0 Å². The summed E-state index contributed by atoms with van der Waals surface area (Å²) >= 11 is 0. The van der Waals surface area contributed by atoms with Crippen molar-refractivity contribution in [1.82, 2.24) is 0 Å². The molecule has 1 aliphatic rings. The monoisotopic (exact) mass is 328 g/mol. The lowest BCUT2D eigenvalue weighted by molar-refractivity contribution is 0.174. The first-order valence-corrected chi connectivity index (χ1v) is 7.54. The van der Waals surface area contributed by atoms with Crippen molar-refractivity contribution >= 4 is 5.69 Å². The van der Waals surface area contributed by atoms with Crippen LogP contribution in [0.2, 0.25) is 0 Å². The van der Waals surface area contributed by atoms with Gasteiger partial charge in [0.05, 0.1) is 12.3 Å². The van der Waals surface area contributed by atoms with Crippen LogP contribution in [-0.4, -0.2) is 27.1 Å². The van der Waals surface area contributed by atoms with Crippen molar-refractivity contribution in [2.45, 2.75) is 6.54 Å². The van der Waals surface area contributed by atoms with Gasteiger partial charge in [0.1, 0.15) is 17.4 Å². The third-order valence-electron chi connectivity index (χ3n) is 3.82. The summed E-state index contributed by atoms with van der Waals surface area (Å²) < 4.78 is 29.8. The number of hydrogen-bond donors (Lipinski definition) is 0. The fraction of sp³-hybridized carbons (Fsp3) is 0.278. The van der Waals surface area contributed by atoms with Crippen molar-refractivity contribution in [3.63, 3.8) is 0 Å². The van der Waals surface area contributed by atoms with E-state index in [0.717, 1.165) is 5.56 Å². The van der Waals surface area contributed by atoms with Gasteiger partial charge in [0, 0.05) is 20.2 Å². The Bertz CT molecular complexity index is 773. The van der Waals surface area contributed by atoms with E-state index in [4.69, 9.17) is 14.2 Å². The fourth-order valence-corrected chi connectivity index (χ4v) is 2.63. The summed E-state index contributed by atoms with van der Waals surface area (Å²) in [6.45, 7) is 1.71. The standard InChI is InChI=1S/C18H17FN2O3/c1-22-8-7-21(16-4-2-3-15(19)14(16)10-20)11-13-5-6-17-18(9-13)24-12-23-17/h2-6,9H,7-8,11-12H2,1H3. The molecule has 0 fully saturated rings. The number of methoxy groups -OCH3 is 1. The lowest BCUT2D eigenvalue weighted by Crippen LogP contribution is -2.27.